The summed E-state index contributed by atoms with van der Waals surface area (Å²) in [7, 11) is 0. The molecular weight excluding hydrogens is 156 g/mol. The van der Waals surface area contributed by atoms with E-state index in [2.05, 4.69) is 4.79 Å². The minimum atomic E-state index is -0.259. The van der Waals surface area contributed by atoms with Crippen LogP contribution in [0.4, 0.5) is 0 Å². The first kappa shape index (κ1) is 7.37. The molecule has 2 rings (SSSR count). The molecule has 0 aliphatic heterocycles. The van der Waals surface area contributed by atoms with Crippen LogP contribution in [0.1, 0.15) is 19.3 Å². The molecule has 0 amide bonds. The molecule has 2 fully saturated rings. The molecule has 0 aromatic carbocycles. The second-order valence-corrected chi connectivity index (χ2v) is 3.32. The van der Waals surface area contributed by atoms with Gasteiger partial charge in [-0.05, 0) is 12.8 Å². The zero-order chi connectivity index (χ0) is 8.72. The molecule has 2 atom stereocenters. The number of nitrogens with zero attached hydrogens (tertiary/aromatic N) is 2. The molecule has 0 spiro atoms. The fraction of sp³-hybridized carbons (Fsp3) is 0.625. The van der Waals surface area contributed by atoms with E-state index in [1.54, 1.807) is 0 Å². The Morgan fingerprint density at radius 2 is 1.67 bits per heavy atom. The lowest BCUT2D eigenvalue weighted by molar-refractivity contribution is -0.120. The molecule has 0 aromatic rings. The Labute approximate surface area is 69.2 Å². The standard InChI is InChI=1S/C8H8N2O2/c9-10-6-7(11)4-2-1-3-5(4)8(6)12/h4-5H,1-3H2. The normalized spacial score (nSPS) is 33.8. The van der Waals surface area contributed by atoms with E-state index in [0.29, 0.717) is 0 Å². The van der Waals surface area contributed by atoms with Crippen molar-refractivity contribution in [2.45, 2.75) is 19.3 Å². The van der Waals surface area contributed by atoms with E-state index in [9.17, 15) is 9.59 Å². The third-order valence-corrected chi connectivity index (χ3v) is 2.76. The minimum Gasteiger partial charge on any atom is -0.360 e. The molecular formula is C8H8N2O2. The van der Waals surface area contributed by atoms with Crippen LogP contribution in [0.5, 0.6) is 0 Å². The van der Waals surface area contributed by atoms with Crippen LogP contribution in [0, 0.1) is 11.8 Å². The van der Waals surface area contributed by atoms with Crippen molar-refractivity contribution in [2.75, 3.05) is 0 Å². The van der Waals surface area contributed by atoms with Gasteiger partial charge in [-0.1, -0.05) is 6.42 Å². The van der Waals surface area contributed by atoms with Crippen molar-refractivity contribution in [1.82, 2.24) is 0 Å². The lowest BCUT2D eigenvalue weighted by atomic mass is 10.00. The van der Waals surface area contributed by atoms with E-state index < -0.39 is 0 Å². The third kappa shape index (κ3) is 0.728. The van der Waals surface area contributed by atoms with Crippen LogP contribution in [-0.4, -0.2) is 22.1 Å². The molecule has 0 radical (unpaired) electrons. The van der Waals surface area contributed by atoms with E-state index >= 15 is 0 Å². The van der Waals surface area contributed by atoms with Gasteiger partial charge in [0.05, 0.1) is 0 Å². The van der Waals surface area contributed by atoms with Crippen LogP contribution < -0.4 is 0 Å². The first-order valence-corrected chi connectivity index (χ1v) is 4.06. The van der Waals surface area contributed by atoms with Gasteiger partial charge in [0.15, 0.2) is 0 Å². The summed E-state index contributed by atoms with van der Waals surface area (Å²) in [4.78, 5) is 25.4. The van der Waals surface area contributed by atoms with Gasteiger partial charge in [-0.25, -0.2) is 0 Å². The van der Waals surface area contributed by atoms with Crippen LogP contribution in [0.2, 0.25) is 0 Å². The Balaban J connectivity index is 2.45. The number of rotatable bonds is 0. The zero-order valence-corrected chi connectivity index (χ0v) is 6.49. The summed E-state index contributed by atoms with van der Waals surface area (Å²) in [6.07, 6.45) is 2.48. The summed E-state index contributed by atoms with van der Waals surface area (Å²) >= 11 is 0. The number of fused-ring (bicyclic) bond motifs is 1. The molecule has 2 aliphatic rings. The van der Waals surface area contributed by atoms with Crippen LogP contribution in [0.25, 0.3) is 5.53 Å². The average molecular weight is 164 g/mol. The Morgan fingerprint density at radius 1 is 1.17 bits per heavy atom. The van der Waals surface area contributed by atoms with Crippen molar-refractivity contribution >= 4 is 17.3 Å². The highest BCUT2D eigenvalue weighted by Crippen LogP contribution is 2.37. The van der Waals surface area contributed by atoms with Gasteiger partial charge in [-0.3, -0.25) is 9.59 Å². The fourth-order valence-corrected chi connectivity index (χ4v) is 2.16. The molecule has 4 heteroatoms. The molecule has 2 saturated carbocycles. The maximum absolute atomic E-state index is 11.3. The van der Waals surface area contributed by atoms with Gasteiger partial charge >= 0.3 is 5.71 Å². The molecule has 0 saturated heterocycles. The van der Waals surface area contributed by atoms with E-state index in [1.165, 1.54) is 0 Å². The van der Waals surface area contributed by atoms with Gasteiger partial charge in [0.25, 0.3) is 11.6 Å². The first-order valence-electron chi connectivity index (χ1n) is 4.06. The molecule has 12 heavy (non-hydrogen) atoms. The summed E-state index contributed by atoms with van der Waals surface area (Å²) in [5.74, 6) is -0.873. The summed E-state index contributed by atoms with van der Waals surface area (Å²) in [5.41, 5.74) is 8.18. The lowest BCUT2D eigenvalue weighted by Gasteiger charge is -1.99. The van der Waals surface area contributed by atoms with Gasteiger partial charge in [0.1, 0.15) is 0 Å². The second kappa shape index (κ2) is 2.35. The SMILES string of the molecule is [N-]=[N+]=C1C(=O)C2CCCC2C1=O. The number of carbonyl (C=O) groups is 2. The Morgan fingerprint density at radius 3 is 2.08 bits per heavy atom. The number of carbonyl (C=O) groups excluding carboxylic acids is 2. The predicted octanol–water partition coefficient (Wildman–Crippen LogP) is 0.225. The molecule has 4 nitrogen and oxygen atoms in total. The maximum Gasteiger partial charge on any atom is 0.400 e. The number of Topliss-reactive ketones (excluding diaryl/α,β-unsaturated/α-hetero) is 2. The second-order valence-electron chi connectivity index (χ2n) is 3.32. The predicted molar refractivity (Wildman–Crippen MR) is 39.5 cm³/mol. The Bertz CT molecular complexity index is 291. The van der Waals surface area contributed by atoms with Crippen LogP contribution >= 0.6 is 0 Å². The summed E-state index contributed by atoms with van der Waals surface area (Å²) in [6.45, 7) is 0. The fourth-order valence-electron chi connectivity index (χ4n) is 2.16. The van der Waals surface area contributed by atoms with Crippen LogP contribution in [0.3, 0.4) is 0 Å². The smallest absolute Gasteiger partial charge is 0.360 e. The number of hydrogen-bond donors (Lipinski definition) is 0. The number of hydrogen-bond acceptors (Lipinski definition) is 2. The van der Waals surface area contributed by atoms with Crippen LogP contribution in [-0.2, 0) is 9.59 Å². The summed E-state index contributed by atoms with van der Waals surface area (Å²) < 4.78 is 0. The van der Waals surface area contributed by atoms with Gasteiger partial charge < -0.3 is 5.53 Å². The van der Waals surface area contributed by atoms with Crippen molar-refractivity contribution in [1.29, 1.82) is 0 Å². The molecule has 0 bridgehead atoms. The molecule has 0 N–H and O–H groups in total. The average Bonchev–Trinajstić information content (AvgIpc) is 2.58. The first-order chi connectivity index (χ1) is 5.75. The van der Waals surface area contributed by atoms with Crippen molar-refractivity contribution in [2.24, 2.45) is 11.8 Å². The van der Waals surface area contributed by atoms with Gasteiger partial charge in [0, 0.05) is 11.8 Å². The molecule has 2 aliphatic carbocycles. The van der Waals surface area contributed by atoms with Crippen LogP contribution in [0.15, 0.2) is 0 Å². The van der Waals surface area contributed by atoms with Crippen molar-refractivity contribution in [3.05, 3.63) is 5.53 Å². The monoisotopic (exact) mass is 164 g/mol. The zero-order valence-electron chi connectivity index (χ0n) is 6.49. The lowest BCUT2D eigenvalue weighted by Crippen LogP contribution is -2.18. The highest BCUT2D eigenvalue weighted by Gasteiger charge is 2.54. The van der Waals surface area contributed by atoms with E-state index in [-0.39, 0.29) is 29.1 Å². The van der Waals surface area contributed by atoms with Gasteiger partial charge in [-0.2, -0.15) is 4.79 Å². The maximum atomic E-state index is 11.3. The van der Waals surface area contributed by atoms with E-state index in [4.69, 9.17) is 5.53 Å². The summed E-state index contributed by atoms with van der Waals surface area (Å²) in [6, 6.07) is 0. The number of ketones is 2. The van der Waals surface area contributed by atoms with Crippen molar-refractivity contribution in [3.63, 3.8) is 0 Å². The molecule has 2 unspecified atom stereocenters. The van der Waals surface area contributed by atoms with Crippen molar-refractivity contribution < 1.29 is 14.4 Å². The molecule has 62 valence electrons. The third-order valence-electron chi connectivity index (χ3n) is 2.76. The van der Waals surface area contributed by atoms with E-state index in [1.807, 2.05) is 0 Å². The highest BCUT2D eigenvalue weighted by molar-refractivity contribution is 6.68. The molecule has 0 aromatic heterocycles. The van der Waals surface area contributed by atoms with E-state index in [0.717, 1.165) is 19.3 Å². The summed E-state index contributed by atoms with van der Waals surface area (Å²) in [5, 5.41) is 0. The Hall–Kier alpha value is -1.28. The quantitative estimate of drug-likeness (QED) is 0.379. The van der Waals surface area contributed by atoms with Crippen molar-refractivity contribution in [3.8, 4) is 0 Å². The largest absolute Gasteiger partial charge is 0.400 e. The topological polar surface area (TPSA) is 70.5 Å². The highest BCUT2D eigenvalue weighted by atomic mass is 16.2. The molecule has 0 heterocycles. The van der Waals surface area contributed by atoms with Gasteiger partial charge in [0.2, 0.25) is 0 Å². The minimum absolute atomic E-state index is 0.177. The Kier molecular flexibility index (Phi) is 1.45. The van der Waals surface area contributed by atoms with Gasteiger partial charge in [-0.15, -0.1) is 0 Å².